The number of aromatic nitrogens is 3. The van der Waals surface area contributed by atoms with Crippen LogP contribution in [0.2, 0.25) is 35.7 Å². The second-order valence-corrected chi connectivity index (χ2v) is 19.2. The van der Waals surface area contributed by atoms with Crippen molar-refractivity contribution >= 4 is 70.5 Å². The standard InChI is InChI=1S/C24H29Cl3N4O4S2Si/c1-34-24-23(29-14-21(30-24)36-15-19(26)17-7-6-10-28-13-17)31(16-35-11-12-38(2,3)4)37(32,33)20-9-5-8-18(25)22(20)27/h5-10,13-14,19H,11-12,15-16H2,1-4H3. The van der Waals surface area contributed by atoms with Crippen molar-refractivity contribution < 1.29 is 17.9 Å². The van der Waals surface area contributed by atoms with Gasteiger partial charge in [-0.1, -0.05) is 55.0 Å². The lowest BCUT2D eigenvalue weighted by atomic mass is 10.2. The molecule has 2 heterocycles. The molecule has 38 heavy (non-hydrogen) atoms. The summed E-state index contributed by atoms with van der Waals surface area (Å²) >= 11 is 20.3. The van der Waals surface area contributed by atoms with Crippen molar-refractivity contribution in [2.24, 2.45) is 0 Å². The number of hydrogen-bond donors (Lipinski definition) is 0. The maximum atomic E-state index is 13.8. The monoisotopic (exact) mass is 634 g/mol. The van der Waals surface area contributed by atoms with Crippen molar-refractivity contribution in [1.29, 1.82) is 0 Å². The zero-order chi connectivity index (χ0) is 27.9. The maximum absolute atomic E-state index is 13.8. The van der Waals surface area contributed by atoms with E-state index in [9.17, 15) is 8.42 Å². The number of anilines is 1. The summed E-state index contributed by atoms with van der Waals surface area (Å²) in [5, 5.41) is 0.228. The van der Waals surface area contributed by atoms with Crippen LogP contribution in [-0.2, 0) is 14.8 Å². The van der Waals surface area contributed by atoms with E-state index in [1.165, 1.54) is 43.3 Å². The lowest BCUT2D eigenvalue weighted by Gasteiger charge is -2.25. The Kier molecular flexibility index (Phi) is 11.1. The SMILES string of the molecule is COc1nc(SCC(Cl)c2cccnc2)cnc1N(COCC[Si](C)(C)C)S(=O)(=O)c1cccc(Cl)c1Cl. The van der Waals surface area contributed by atoms with Gasteiger partial charge in [0.25, 0.3) is 15.9 Å². The third-order valence-electron chi connectivity index (χ3n) is 5.24. The molecule has 1 unspecified atom stereocenters. The number of alkyl halides is 1. The van der Waals surface area contributed by atoms with E-state index in [1.807, 2.05) is 12.1 Å². The van der Waals surface area contributed by atoms with Crippen LogP contribution in [0.5, 0.6) is 5.88 Å². The molecular weight excluding hydrogens is 607 g/mol. The number of thioether (sulfide) groups is 1. The van der Waals surface area contributed by atoms with Gasteiger partial charge in [0.15, 0.2) is 0 Å². The van der Waals surface area contributed by atoms with Crippen LogP contribution in [0, 0.1) is 0 Å². The summed E-state index contributed by atoms with van der Waals surface area (Å²) in [7, 11) is -4.26. The maximum Gasteiger partial charge on any atom is 0.269 e. The number of benzene rings is 1. The number of rotatable bonds is 13. The van der Waals surface area contributed by atoms with E-state index in [2.05, 4.69) is 34.6 Å². The molecule has 1 atom stereocenters. The van der Waals surface area contributed by atoms with E-state index in [0.717, 1.165) is 15.9 Å². The minimum Gasteiger partial charge on any atom is -0.478 e. The minimum absolute atomic E-state index is 0.0121. The molecule has 0 radical (unpaired) electrons. The van der Waals surface area contributed by atoms with E-state index in [-0.39, 0.29) is 38.7 Å². The molecule has 0 aliphatic rings. The first-order valence-corrected chi connectivity index (χ1v) is 18.9. The normalized spacial score (nSPS) is 12.8. The summed E-state index contributed by atoms with van der Waals surface area (Å²) in [4.78, 5) is 12.8. The lowest BCUT2D eigenvalue weighted by molar-refractivity contribution is 0.155. The number of sulfonamides is 1. The molecule has 0 bridgehead atoms. The molecule has 1 aromatic carbocycles. The van der Waals surface area contributed by atoms with Crippen LogP contribution in [0.3, 0.4) is 0 Å². The van der Waals surface area contributed by atoms with E-state index in [0.29, 0.717) is 17.4 Å². The van der Waals surface area contributed by atoms with Gasteiger partial charge in [0.1, 0.15) is 16.7 Å². The van der Waals surface area contributed by atoms with Gasteiger partial charge in [0, 0.05) is 32.8 Å². The molecule has 0 N–H and O–H groups in total. The van der Waals surface area contributed by atoms with Gasteiger partial charge in [0.2, 0.25) is 5.82 Å². The molecule has 0 aliphatic heterocycles. The average Bonchev–Trinajstić information content (AvgIpc) is 2.88. The third-order valence-corrected chi connectivity index (χ3v) is 11.2. The van der Waals surface area contributed by atoms with Gasteiger partial charge in [-0.15, -0.1) is 23.4 Å². The molecule has 0 fully saturated rings. The van der Waals surface area contributed by atoms with E-state index in [4.69, 9.17) is 44.3 Å². The van der Waals surface area contributed by atoms with Crippen molar-refractivity contribution in [2.75, 3.05) is 30.5 Å². The highest BCUT2D eigenvalue weighted by Gasteiger charge is 2.32. The first-order valence-electron chi connectivity index (χ1n) is 11.6. The molecule has 0 aliphatic carbocycles. The van der Waals surface area contributed by atoms with E-state index >= 15 is 0 Å². The van der Waals surface area contributed by atoms with E-state index < -0.39 is 18.1 Å². The zero-order valence-corrected chi connectivity index (χ0v) is 26.3. The van der Waals surface area contributed by atoms with Crippen LogP contribution >= 0.6 is 46.6 Å². The first kappa shape index (κ1) is 30.9. The number of nitrogens with zero attached hydrogens (tertiary/aromatic N) is 4. The molecule has 3 rings (SSSR count). The third kappa shape index (κ3) is 8.20. The smallest absolute Gasteiger partial charge is 0.269 e. The number of methoxy groups -OCH3 is 1. The van der Waals surface area contributed by atoms with Crippen molar-refractivity contribution in [3.05, 3.63) is 64.5 Å². The number of ether oxygens (including phenoxy) is 2. The van der Waals surface area contributed by atoms with Gasteiger partial charge in [-0.2, -0.15) is 0 Å². The second kappa shape index (κ2) is 13.6. The van der Waals surface area contributed by atoms with Gasteiger partial charge >= 0.3 is 0 Å². The average molecular weight is 636 g/mol. The molecule has 8 nitrogen and oxygen atoms in total. The number of halogens is 3. The summed E-state index contributed by atoms with van der Waals surface area (Å²) in [6, 6.07) is 8.97. The fraction of sp³-hybridized carbons (Fsp3) is 0.375. The van der Waals surface area contributed by atoms with Crippen LogP contribution < -0.4 is 9.04 Å². The van der Waals surface area contributed by atoms with Crippen LogP contribution in [-0.4, -0.2) is 57.6 Å². The highest BCUT2D eigenvalue weighted by Crippen LogP contribution is 2.36. The molecule has 14 heteroatoms. The molecule has 206 valence electrons. The zero-order valence-electron chi connectivity index (χ0n) is 21.4. The van der Waals surface area contributed by atoms with Crippen molar-refractivity contribution in [1.82, 2.24) is 15.0 Å². The predicted octanol–water partition coefficient (Wildman–Crippen LogP) is 6.77. The predicted molar refractivity (Wildman–Crippen MR) is 157 cm³/mol. The fourth-order valence-corrected chi connectivity index (χ4v) is 7.01. The topological polar surface area (TPSA) is 94.5 Å². The van der Waals surface area contributed by atoms with Gasteiger partial charge in [-0.3, -0.25) is 4.98 Å². The van der Waals surface area contributed by atoms with Crippen LogP contribution in [0.25, 0.3) is 0 Å². The Balaban J connectivity index is 1.91. The van der Waals surface area contributed by atoms with Gasteiger partial charge in [0.05, 0.1) is 28.7 Å². The van der Waals surface area contributed by atoms with Gasteiger partial charge in [-0.25, -0.2) is 22.7 Å². The molecule has 0 spiro atoms. The number of hydrogen-bond acceptors (Lipinski definition) is 8. The fourth-order valence-electron chi connectivity index (χ4n) is 3.12. The Morgan fingerprint density at radius 2 is 1.89 bits per heavy atom. The Morgan fingerprint density at radius 3 is 2.55 bits per heavy atom. The molecule has 0 saturated carbocycles. The van der Waals surface area contributed by atoms with Crippen LogP contribution in [0.15, 0.2) is 58.8 Å². The highest BCUT2D eigenvalue weighted by molar-refractivity contribution is 7.99. The quantitative estimate of drug-likeness (QED) is 0.0668. The molecule has 0 saturated heterocycles. The summed E-state index contributed by atoms with van der Waals surface area (Å²) in [5.41, 5.74) is 0.879. The first-order chi connectivity index (χ1) is 17.9. The largest absolute Gasteiger partial charge is 0.478 e. The van der Waals surface area contributed by atoms with Crippen molar-refractivity contribution in [2.45, 2.75) is 41.0 Å². The lowest BCUT2D eigenvalue weighted by Crippen LogP contribution is -2.35. The van der Waals surface area contributed by atoms with Crippen molar-refractivity contribution in [3.8, 4) is 5.88 Å². The summed E-state index contributed by atoms with van der Waals surface area (Å²) in [5.74, 6) is 0.471. The summed E-state index contributed by atoms with van der Waals surface area (Å²) in [6.07, 6.45) is 4.86. The Morgan fingerprint density at radius 1 is 1.13 bits per heavy atom. The van der Waals surface area contributed by atoms with Gasteiger partial charge in [-0.05, 0) is 29.8 Å². The second-order valence-electron chi connectivity index (χ2n) is 9.36. The molecule has 0 amide bonds. The Hall–Kier alpha value is -1.60. The van der Waals surface area contributed by atoms with Crippen molar-refractivity contribution in [3.63, 3.8) is 0 Å². The van der Waals surface area contributed by atoms with Crippen LogP contribution in [0.1, 0.15) is 10.9 Å². The van der Waals surface area contributed by atoms with Crippen LogP contribution in [0.4, 0.5) is 5.82 Å². The Labute approximate surface area is 244 Å². The molecule has 3 aromatic rings. The summed E-state index contributed by atoms with van der Waals surface area (Å²) < 4.78 is 39.8. The Bertz CT molecular complexity index is 1330. The summed E-state index contributed by atoms with van der Waals surface area (Å²) in [6.45, 7) is 6.71. The minimum atomic E-state index is -4.24. The number of pyridine rings is 1. The molecule has 2 aromatic heterocycles. The molecular formula is C24H29Cl3N4O4S2Si. The van der Waals surface area contributed by atoms with Gasteiger partial charge < -0.3 is 9.47 Å². The van der Waals surface area contributed by atoms with E-state index in [1.54, 1.807) is 12.4 Å². The highest BCUT2D eigenvalue weighted by atomic mass is 35.5.